The molecule has 0 saturated heterocycles. The van der Waals surface area contributed by atoms with Crippen LogP contribution in [0.25, 0.3) is 0 Å². The average Bonchev–Trinajstić information content (AvgIpc) is 2.24. The molecule has 0 radical (unpaired) electrons. The Hall–Kier alpha value is -1.02. The Balaban J connectivity index is 2.58. The predicted molar refractivity (Wildman–Crippen MR) is 78.3 cm³/mol. The third-order valence-corrected chi connectivity index (χ3v) is 3.10. The van der Waals surface area contributed by atoms with Gasteiger partial charge in [0, 0.05) is 6.04 Å². The first kappa shape index (κ1) is 15.0. The van der Waals surface area contributed by atoms with Crippen molar-refractivity contribution in [3.05, 3.63) is 29.3 Å². The Kier molecular flexibility index (Phi) is 5.21. The molecule has 0 heterocycles. The molecule has 0 saturated carbocycles. The highest BCUT2D eigenvalue weighted by atomic mass is 16.5. The summed E-state index contributed by atoms with van der Waals surface area (Å²) in [5.41, 5.74) is 8.47. The molecule has 0 aliphatic rings. The first-order valence-electron chi connectivity index (χ1n) is 6.80. The van der Waals surface area contributed by atoms with Gasteiger partial charge in [-0.25, -0.2) is 0 Å². The summed E-state index contributed by atoms with van der Waals surface area (Å²) in [6.45, 7) is 11.6. The SMILES string of the molecule is Cc1cc(C(C)(C)C)ccc1OCCCC(C)N. The van der Waals surface area contributed by atoms with E-state index in [4.69, 9.17) is 10.5 Å². The fraction of sp³-hybridized carbons (Fsp3) is 0.625. The molecule has 0 spiro atoms. The van der Waals surface area contributed by atoms with Crippen molar-refractivity contribution in [2.75, 3.05) is 6.61 Å². The van der Waals surface area contributed by atoms with E-state index in [9.17, 15) is 0 Å². The maximum atomic E-state index is 5.80. The quantitative estimate of drug-likeness (QED) is 0.806. The van der Waals surface area contributed by atoms with Gasteiger partial charge in [-0.2, -0.15) is 0 Å². The van der Waals surface area contributed by atoms with E-state index in [1.807, 2.05) is 6.92 Å². The van der Waals surface area contributed by atoms with Crippen LogP contribution in [0.3, 0.4) is 0 Å². The number of hydrogen-bond donors (Lipinski definition) is 1. The fourth-order valence-electron chi connectivity index (χ4n) is 1.87. The van der Waals surface area contributed by atoms with Gasteiger partial charge in [0.2, 0.25) is 0 Å². The van der Waals surface area contributed by atoms with Gasteiger partial charge in [-0.15, -0.1) is 0 Å². The van der Waals surface area contributed by atoms with Crippen LogP contribution in [0, 0.1) is 6.92 Å². The second-order valence-electron chi connectivity index (χ2n) is 6.20. The first-order chi connectivity index (χ1) is 8.30. The number of benzene rings is 1. The lowest BCUT2D eigenvalue weighted by atomic mass is 9.86. The molecule has 1 aromatic rings. The van der Waals surface area contributed by atoms with Crippen LogP contribution in [0.15, 0.2) is 18.2 Å². The molecule has 1 rings (SSSR count). The largest absolute Gasteiger partial charge is 0.493 e. The van der Waals surface area contributed by atoms with Crippen molar-refractivity contribution in [2.45, 2.75) is 58.9 Å². The van der Waals surface area contributed by atoms with Crippen molar-refractivity contribution in [3.63, 3.8) is 0 Å². The highest BCUT2D eigenvalue weighted by molar-refractivity contribution is 5.38. The highest BCUT2D eigenvalue weighted by Gasteiger charge is 2.14. The van der Waals surface area contributed by atoms with E-state index in [-0.39, 0.29) is 11.5 Å². The van der Waals surface area contributed by atoms with Gasteiger partial charge >= 0.3 is 0 Å². The van der Waals surface area contributed by atoms with Crippen molar-refractivity contribution in [2.24, 2.45) is 5.73 Å². The smallest absolute Gasteiger partial charge is 0.122 e. The standard InChI is InChI=1S/C16H27NO/c1-12-11-14(16(3,4)5)8-9-15(12)18-10-6-7-13(2)17/h8-9,11,13H,6-7,10,17H2,1-5H3. The third kappa shape index (κ3) is 4.69. The maximum absolute atomic E-state index is 5.80. The summed E-state index contributed by atoms with van der Waals surface area (Å²) in [4.78, 5) is 0. The molecule has 1 unspecified atom stereocenters. The monoisotopic (exact) mass is 249 g/mol. The number of hydrogen-bond acceptors (Lipinski definition) is 2. The van der Waals surface area contributed by atoms with E-state index >= 15 is 0 Å². The van der Waals surface area contributed by atoms with E-state index in [0.29, 0.717) is 0 Å². The van der Waals surface area contributed by atoms with Crippen molar-refractivity contribution in [3.8, 4) is 5.75 Å². The van der Waals surface area contributed by atoms with Crippen LogP contribution in [0.4, 0.5) is 0 Å². The molecule has 18 heavy (non-hydrogen) atoms. The number of rotatable bonds is 5. The van der Waals surface area contributed by atoms with Gasteiger partial charge in [-0.05, 0) is 49.3 Å². The normalized spacial score (nSPS) is 13.4. The zero-order valence-corrected chi connectivity index (χ0v) is 12.4. The van der Waals surface area contributed by atoms with Gasteiger partial charge in [-0.1, -0.05) is 32.9 Å². The zero-order chi connectivity index (χ0) is 13.8. The lowest BCUT2D eigenvalue weighted by molar-refractivity contribution is 0.300. The minimum absolute atomic E-state index is 0.193. The Morgan fingerprint density at radius 1 is 1.28 bits per heavy atom. The average molecular weight is 249 g/mol. The van der Waals surface area contributed by atoms with Gasteiger partial charge in [-0.3, -0.25) is 0 Å². The Morgan fingerprint density at radius 2 is 1.94 bits per heavy atom. The van der Waals surface area contributed by atoms with Crippen molar-refractivity contribution in [1.82, 2.24) is 0 Å². The van der Waals surface area contributed by atoms with Crippen molar-refractivity contribution < 1.29 is 4.74 Å². The van der Waals surface area contributed by atoms with E-state index in [1.54, 1.807) is 0 Å². The lowest BCUT2D eigenvalue weighted by Gasteiger charge is -2.20. The summed E-state index contributed by atoms with van der Waals surface area (Å²) < 4.78 is 5.80. The molecule has 0 bridgehead atoms. The van der Waals surface area contributed by atoms with Gasteiger partial charge < -0.3 is 10.5 Å². The van der Waals surface area contributed by atoms with E-state index in [1.165, 1.54) is 11.1 Å². The summed E-state index contributed by atoms with van der Waals surface area (Å²) in [6, 6.07) is 6.73. The molecule has 1 atom stereocenters. The first-order valence-corrected chi connectivity index (χ1v) is 6.80. The van der Waals surface area contributed by atoms with Crippen LogP contribution in [0.2, 0.25) is 0 Å². The summed E-state index contributed by atoms with van der Waals surface area (Å²) in [7, 11) is 0. The van der Waals surface area contributed by atoms with E-state index in [0.717, 1.165) is 25.2 Å². The molecule has 2 N–H and O–H groups in total. The molecule has 1 aromatic carbocycles. The van der Waals surface area contributed by atoms with Crippen LogP contribution >= 0.6 is 0 Å². The lowest BCUT2D eigenvalue weighted by Crippen LogP contribution is -2.15. The van der Waals surface area contributed by atoms with Gasteiger partial charge in [0.15, 0.2) is 0 Å². The third-order valence-electron chi connectivity index (χ3n) is 3.10. The minimum Gasteiger partial charge on any atom is -0.493 e. The predicted octanol–water partition coefficient (Wildman–Crippen LogP) is 3.80. The van der Waals surface area contributed by atoms with Crippen LogP contribution in [-0.4, -0.2) is 12.6 Å². The molecular weight excluding hydrogens is 222 g/mol. The summed E-state index contributed by atoms with van der Waals surface area (Å²) in [6.07, 6.45) is 2.03. The van der Waals surface area contributed by atoms with Crippen molar-refractivity contribution >= 4 is 0 Å². The Bertz CT molecular complexity index is 377. The fourth-order valence-corrected chi connectivity index (χ4v) is 1.87. The number of nitrogens with two attached hydrogens (primary N) is 1. The van der Waals surface area contributed by atoms with Gasteiger partial charge in [0.25, 0.3) is 0 Å². The second kappa shape index (κ2) is 6.24. The molecule has 0 aliphatic heterocycles. The van der Waals surface area contributed by atoms with Crippen LogP contribution in [0.1, 0.15) is 51.7 Å². The summed E-state index contributed by atoms with van der Waals surface area (Å²) in [5.74, 6) is 0.993. The van der Waals surface area contributed by atoms with Gasteiger partial charge in [0.1, 0.15) is 5.75 Å². The molecular formula is C16H27NO. The second-order valence-corrected chi connectivity index (χ2v) is 6.20. The highest BCUT2D eigenvalue weighted by Crippen LogP contribution is 2.27. The molecule has 0 fully saturated rings. The molecule has 102 valence electrons. The molecule has 0 aliphatic carbocycles. The summed E-state index contributed by atoms with van der Waals surface area (Å²) in [5, 5.41) is 0. The van der Waals surface area contributed by atoms with Crippen LogP contribution in [-0.2, 0) is 5.41 Å². The Labute approximate surface area is 112 Å². The minimum atomic E-state index is 0.193. The van der Waals surface area contributed by atoms with E-state index in [2.05, 4.69) is 45.9 Å². The van der Waals surface area contributed by atoms with E-state index < -0.39 is 0 Å². The summed E-state index contributed by atoms with van der Waals surface area (Å²) >= 11 is 0. The van der Waals surface area contributed by atoms with Crippen molar-refractivity contribution in [1.29, 1.82) is 0 Å². The molecule has 2 heteroatoms. The number of aryl methyl sites for hydroxylation is 1. The maximum Gasteiger partial charge on any atom is 0.122 e. The van der Waals surface area contributed by atoms with Crippen LogP contribution < -0.4 is 10.5 Å². The van der Waals surface area contributed by atoms with Crippen LogP contribution in [0.5, 0.6) is 5.75 Å². The topological polar surface area (TPSA) is 35.2 Å². The van der Waals surface area contributed by atoms with Gasteiger partial charge in [0.05, 0.1) is 6.61 Å². The zero-order valence-electron chi connectivity index (χ0n) is 12.4. The number of ether oxygens (including phenoxy) is 1. The molecule has 0 amide bonds. The molecule has 2 nitrogen and oxygen atoms in total. The Morgan fingerprint density at radius 3 is 2.44 bits per heavy atom. The molecule has 0 aromatic heterocycles.